The van der Waals surface area contributed by atoms with Crippen molar-refractivity contribution in [1.82, 2.24) is 0 Å². The molecule has 16 heavy (non-hydrogen) atoms. The van der Waals surface area contributed by atoms with Crippen LogP contribution in [0.2, 0.25) is 0 Å². The highest BCUT2D eigenvalue weighted by molar-refractivity contribution is 6.15. The predicted molar refractivity (Wildman–Crippen MR) is 60.8 cm³/mol. The minimum Gasteiger partial charge on any atom is -0.492 e. The summed E-state index contributed by atoms with van der Waals surface area (Å²) in [5, 5.41) is 8.88. The van der Waals surface area contributed by atoms with Gasteiger partial charge in [0.2, 0.25) is 0 Å². The molecule has 0 saturated carbocycles. The molecule has 0 unspecified atom stereocenters. The maximum absolute atomic E-state index is 10.8. The average Bonchev–Trinajstić information content (AvgIpc) is 2.28. The van der Waals surface area contributed by atoms with Gasteiger partial charge < -0.3 is 14.6 Å². The molecule has 1 aromatic carbocycles. The predicted octanol–water partition coefficient (Wildman–Crippen LogP) is 2.19. The van der Waals surface area contributed by atoms with Crippen molar-refractivity contribution in [1.29, 1.82) is 0 Å². The molecule has 0 amide bonds. The van der Waals surface area contributed by atoms with E-state index in [4.69, 9.17) is 14.6 Å². The summed E-state index contributed by atoms with van der Waals surface area (Å²) in [5.74, 6) is -0.159. The van der Waals surface area contributed by atoms with E-state index in [9.17, 15) is 4.79 Å². The Kier molecular flexibility index (Phi) is 3.94. The van der Waals surface area contributed by atoms with Gasteiger partial charge in [0.1, 0.15) is 0 Å². The van der Waals surface area contributed by atoms with Gasteiger partial charge in [-0.3, -0.25) is 0 Å². The first-order valence-corrected chi connectivity index (χ1v) is 4.84. The number of carboxylic acids is 1. The number of hydrogen-bond acceptors (Lipinski definition) is 3. The molecule has 0 aromatic heterocycles. The first-order valence-electron chi connectivity index (χ1n) is 4.84. The molecule has 1 N–H and O–H groups in total. The van der Waals surface area contributed by atoms with Crippen molar-refractivity contribution in [3.8, 4) is 11.5 Å². The Balaban J connectivity index is 3.23. The van der Waals surface area contributed by atoms with Crippen molar-refractivity contribution in [3.63, 3.8) is 0 Å². The largest absolute Gasteiger partial charge is 0.492 e. The van der Waals surface area contributed by atoms with Crippen LogP contribution >= 0.6 is 0 Å². The lowest BCUT2D eigenvalue weighted by Gasteiger charge is -2.13. The number of rotatable bonds is 5. The minimum atomic E-state index is -1.08. The van der Waals surface area contributed by atoms with E-state index in [1.807, 2.05) is 6.92 Å². The molecule has 1 rings (SSSR count). The van der Waals surface area contributed by atoms with E-state index in [1.54, 1.807) is 18.2 Å². The Morgan fingerprint density at radius 3 is 2.69 bits per heavy atom. The van der Waals surface area contributed by atoms with E-state index in [0.717, 1.165) is 0 Å². The van der Waals surface area contributed by atoms with Crippen molar-refractivity contribution < 1.29 is 19.4 Å². The van der Waals surface area contributed by atoms with Crippen molar-refractivity contribution in [2.75, 3.05) is 13.7 Å². The molecular weight excluding hydrogens is 208 g/mol. The van der Waals surface area contributed by atoms with Gasteiger partial charge in [-0.1, -0.05) is 18.7 Å². The lowest BCUT2D eigenvalue weighted by molar-refractivity contribution is -0.130. The zero-order valence-electron chi connectivity index (χ0n) is 9.32. The summed E-state index contributed by atoms with van der Waals surface area (Å²) < 4.78 is 10.5. The van der Waals surface area contributed by atoms with Crippen LogP contribution < -0.4 is 9.47 Å². The van der Waals surface area contributed by atoms with Crippen LogP contribution in [0.5, 0.6) is 11.5 Å². The normalized spacial score (nSPS) is 9.62. The fraction of sp³-hybridized carbons (Fsp3) is 0.250. The smallest absolute Gasteiger partial charge is 0.335 e. The van der Waals surface area contributed by atoms with E-state index >= 15 is 0 Å². The fourth-order valence-corrected chi connectivity index (χ4v) is 1.35. The molecule has 4 heteroatoms. The van der Waals surface area contributed by atoms with Crippen LogP contribution in [-0.2, 0) is 4.79 Å². The van der Waals surface area contributed by atoms with Crippen LogP contribution in [-0.4, -0.2) is 24.8 Å². The summed E-state index contributed by atoms with van der Waals surface area (Å²) in [5.41, 5.74) is 0.416. The third-order valence-corrected chi connectivity index (χ3v) is 2.07. The molecule has 86 valence electrons. The van der Waals surface area contributed by atoms with Crippen LogP contribution in [0.4, 0.5) is 0 Å². The molecule has 0 aliphatic carbocycles. The maximum atomic E-state index is 10.8. The Morgan fingerprint density at radius 1 is 1.50 bits per heavy atom. The number of ether oxygens (including phenoxy) is 2. The van der Waals surface area contributed by atoms with E-state index in [2.05, 4.69) is 6.58 Å². The van der Waals surface area contributed by atoms with Gasteiger partial charge in [0.25, 0.3) is 0 Å². The van der Waals surface area contributed by atoms with Crippen LogP contribution in [0, 0.1) is 0 Å². The Bertz CT molecular complexity index is 409. The summed E-state index contributed by atoms with van der Waals surface area (Å²) >= 11 is 0. The van der Waals surface area contributed by atoms with Crippen LogP contribution in [0.1, 0.15) is 12.5 Å². The van der Waals surface area contributed by atoms with Gasteiger partial charge in [-0.2, -0.15) is 0 Å². The molecular formula is C12H14O4. The SMILES string of the molecule is C=C(C(=O)O)c1cccc(OCC)c1OC. The van der Waals surface area contributed by atoms with E-state index in [1.165, 1.54) is 7.11 Å². The summed E-state index contributed by atoms with van der Waals surface area (Å²) in [4.78, 5) is 10.8. The van der Waals surface area contributed by atoms with E-state index in [-0.39, 0.29) is 5.57 Å². The monoisotopic (exact) mass is 222 g/mol. The maximum Gasteiger partial charge on any atom is 0.335 e. The molecule has 0 spiro atoms. The summed E-state index contributed by atoms with van der Waals surface area (Å²) in [6, 6.07) is 5.07. The van der Waals surface area contributed by atoms with Crippen molar-refractivity contribution >= 4 is 11.5 Å². The molecule has 0 fully saturated rings. The van der Waals surface area contributed by atoms with Crippen molar-refractivity contribution in [2.24, 2.45) is 0 Å². The molecule has 4 nitrogen and oxygen atoms in total. The molecule has 0 atom stereocenters. The molecule has 0 saturated heterocycles. The average molecular weight is 222 g/mol. The van der Waals surface area contributed by atoms with Gasteiger partial charge in [-0.05, 0) is 13.0 Å². The summed E-state index contributed by atoms with van der Waals surface area (Å²) in [6.07, 6.45) is 0. The number of benzene rings is 1. The topological polar surface area (TPSA) is 55.8 Å². The molecule has 0 bridgehead atoms. The third kappa shape index (κ3) is 2.34. The lowest BCUT2D eigenvalue weighted by atomic mass is 10.1. The Labute approximate surface area is 94.1 Å². The molecule has 0 aliphatic heterocycles. The number of carbonyl (C=O) groups is 1. The summed E-state index contributed by atoms with van der Waals surface area (Å²) in [7, 11) is 1.47. The van der Waals surface area contributed by atoms with E-state index in [0.29, 0.717) is 23.7 Å². The van der Waals surface area contributed by atoms with E-state index < -0.39 is 5.97 Å². The highest BCUT2D eigenvalue weighted by Gasteiger charge is 2.16. The zero-order valence-corrected chi connectivity index (χ0v) is 9.32. The van der Waals surface area contributed by atoms with Gasteiger partial charge in [0, 0.05) is 5.56 Å². The lowest BCUT2D eigenvalue weighted by Crippen LogP contribution is -2.02. The van der Waals surface area contributed by atoms with Gasteiger partial charge >= 0.3 is 5.97 Å². The Hall–Kier alpha value is -1.97. The standard InChI is InChI=1S/C12H14O4/c1-4-16-10-7-5-6-9(11(10)15-3)8(2)12(13)14/h5-7H,2,4H2,1,3H3,(H,13,14). The van der Waals surface area contributed by atoms with Crippen molar-refractivity contribution in [3.05, 3.63) is 30.3 Å². The number of carboxylic acid groups (broad SMARTS) is 1. The second kappa shape index (κ2) is 5.21. The highest BCUT2D eigenvalue weighted by Crippen LogP contribution is 2.34. The number of para-hydroxylation sites is 1. The van der Waals surface area contributed by atoms with Crippen molar-refractivity contribution in [2.45, 2.75) is 6.92 Å². The number of aliphatic carboxylic acids is 1. The van der Waals surface area contributed by atoms with Crippen LogP contribution in [0.3, 0.4) is 0 Å². The van der Waals surface area contributed by atoms with Crippen LogP contribution in [0.25, 0.3) is 5.57 Å². The first kappa shape index (κ1) is 12.1. The molecule has 0 radical (unpaired) electrons. The molecule has 1 aromatic rings. The quantitative estimate of drug-likeness (QED) is 0.776. The highest BCUT2D eigenvalue weighted by atomic mass is 16.5. The fourth-order valence-electron chi connectivity index (χ4n) is 1.35. The summed E-state index contributed by atoms with van der Waals surface area (Å²) in [6.45, 7) is 5.83. The van der Waals surface area contributed by atoms with Gasteiger partial charge in [-0.15, -0.1) is 0 Å². The van der Waals surface area contributed by atoms with Crippen LogP contribution in [0.15, 0.2) is 24.8 Å². The minimum absolute atomic E-state index is 0.0154. The van der Waals surface area contributed by atoms with Gasteiger partial charge in [-0.25, -0.2) is 4.79 Å². The second-order valence-electron chi connectivity index (χ2n) is 3.05. The molecule has 0 heterocycles. The number of methoxy groups -OCH3 is 1. The van der Waals surface area contributed by atoms with Gasteiger partial charge in [0.05, 0.1) is 19.3 Å². The Morgan fingerprint density at radius 2 is 2.19 bits per heavy atom. The molecule has 0 aliphatic rings. The third-order valence-electron chi connectivity index (χ3n) is 2.07. The zero-order chi connectivity index (χ0) is 12.1. The van der Waals surface area contributed by atoms with Gasteiger partial charge in [0.15, 0.2) is 11.5 Å². The first-order chi connectivity index (χ1) is 7.61. The second-order valence-corrected chi connectivity index (χ2v) is 3.05. The number of hydrogen-bond donors (Lipinski definition) is 1.